The van der Waals surface area contributed by atoms with E-state index in [4.69, 9.17) is 9.47 Å². The van der Waals surface area contributed by atoms with Gasteiger partial charge in [0.2, 0.25) is 0 Å². The number of morpholine rings is 1. The van der Waals surface area contributed by atoms with Crippen molar-refractivity contribution in [2.45, 2.75) is 39.2 Å². The minimum Gasteiger partial charge on any atom is -0.379 e. The summed E-state index contributed by atoms with van der Waals surface area (Å²) in [5, 5.41) is 0. The number of likely N-dealkylation sites (tertiary alicyclic amines) is 1. The van der Waals surface area contributed by atoms with Crippen molar-refractivity contribution in [2.75, 3.05) is 59.1 Å². The van der Waals surface area contributed by atoms with Crippen LogP contribution in [0.4, 0.5) is 0 Å². The van der Waals surface area contributed by atoms with Crippen LogP contribution in [0, 0.1) is 5.92 Å². The van der Waals surface area contributed by atoms with Crippen molar-refractivity contribution in [3.8, 4) is 0 Å². The molecule has 0 radical (unpaired) electrons. The number of hydrogen-bond acceptors (Lipinski definition) is 4. The molecule has 0 aliphatic carbocycles. The third kappa shape index (κ3) is 6.08. The zero-order chi connectivity index (χ0) is 14.4. The number of ether oxygens (including phenoxy) is 2. The molecule has 2 fully saturated rings. The van der Waals surface area contributed by atoms with E-state index in [0.717, 1.165) is 45.2 Å². The first kappa shape index (κ1) is 16.2. The zero-order valence-corrected chi connectivity index (χ0v) is 13.6. The van der Waals surface area contributed by atoms with Gasteiger partial charge < -0.3 is 14.4 Å². The molecule has 118 valence electrons. The smallest absolute Gasteiger partial charge is 0.0598 e. The Kier molecular flexibility index (Phi) is 6.27. The van der Waals surface area contributed by atoms with Gasteiger partial charge in [0, 0.05) is 39.3 Å². The second-order valence-electron chi connectivity index (χ2n) is 7.18. The molecule has 4 nitrogen and oxygen atoms in total. The molecule has 2 aliphatic rings. The second kappa shape index (κ2) is 7.74. The van der Waals surface area contributed by atoms with Gasteiger partial charge in [-0.15, -0.1) is 0 Å². The quantitative estimate of drug-likeness (QED) is 0.695. The monoisotopic (exact) mass is 284 g/mol. The van der Waals surface area contributed by atoms with Crippen LogP contribution >= 0.6 is 0 Å². The Morgan fingerprint density at radius 3 is 2.55 bits per heavy atom. The second-order valence-corrected chi connectivity index (χ2v) is 7.18. The summed E-state index contributed by atoms with van der Waals surface area (Å²) in [4.78, 5) is 5.18. The predicted molar refractivity (Wildman–Crippen MR) is 82.1 cm³/mol. The minimum absolute atomic E-state index is 0.00385. The van der Waals surface area contributed by atoms with Crippen molar-refractivity contribution in [3.63, 3.8) is 0 Å². The van der Waals surface area contributed by atoms with Gasteiger partial charge in [0.05, 0.1) is 18.8 Å². The van der Waals surface area contributed by atoms with Gasteiger partial charge in [-0.25, -0.2) is 0 Å². The minimum atomic E-state index is 0.00385. The van der Waals surface area contributed by atoms with E-state index >= 15 is 0 Å². The van der Waals surface area contributed by atoms with Gasteiger partial charge in [-0.3, -0.25) is 4.90 Å². The summed E-state index contributed by atoms with van der Waals surface area (Å²) in [6.45, 7) is 16.3. The highest BCUT2D eigenvalue weighted by Crippen LogP contribution is 2.18. The maximum atomic E-state index is 5.79. The largest absolute Gasteiger partial charge is 0.379 e. The summed E-state index contributed by atoms with van der Waals surface area (Å²) in [5.74, 6) is 0.858. The third-order valence-corrected chi connectivity index (χ3v) is 4.14. The van der Waals surface area contributed by atoms with Crippen LogP contribution in [0.3, 0.4) is 0 Å². The van der Waals surface area contributed by atoms with Crippen molar-refractivity contribution in [3.05, 3.63) is 0 Å². The molecular weight excluding hydrogens is 252 g/mol. The number of nitrogens with zero attached hydrogens (tertiary/aromatic N) is 2. The molecule has 2 rings (SSSR count). The molecule has 0 aromatic rings. The summed E-state index contributed by atoms with van der Waals surface area (Å²) < 4.78 is 11.2. The fraction of sp³-hybridized carbons (Fsp3) is 1.00. The van der Waals surface area contributed by atoms with Crippen LogP contribution in [0.15, 0.2) is 0 Å². The third-order valence-electron chi connectivity index (χ3n) is 4.14. The number of hydrogen-bond donors (Lipinski definition) is 0. The van der Waals surface area contributed by atoms with E-state index < -0.39 is 0 Å². The highest BCUT2D eigenvalue weighted by Gasteiger charge is 2.24. The molecule has 0 spiro atoms. The van der Waals surface area contributed by atoms with Gasteiger partial charge in [0.25, 0.3) is 0 Å². The van der Waals surface area contributed by atoms with Crippen molar-refractivity contribution in [2.24, 2.45) is 5.92 Å². The maximum Gasteiger partial charge on any atom is 0.0598 e. The van der Waals surface area contributed by atoms with Crippen LogP contribution in [-0.4, -0.2) is 74.5 Å². The highest BCUT2D eigenvalue weighted by atomic mass is 16.5. The van der Waals surface area contributed by atoms with E-state index in [9.17, 15) is 0 Å². The van der Waals surface area contributed by atoms with E-state index in [2.05, 4.69) is 30.6 Å². The lowest BCUT2D eigenvalue weighted by atomic mass is 10.1. The van der Waals surface area contributed by atoms with Gasteiger partial charge >= 0.3 is 0 Å². The Bertz CT molecular complexity index is 272. The SMILES string of the molecule is CC(C)(C)OCCCN1CCC(CN2CCOCC2)C1. The molecule has 20 heavy (non-hydrogen) atoms. The summed E-state index contributed by atoms with van der Waals surface area (Å²) in [5.41, 5.74) is 0.00385. The molecule has 4 heteroatoms. The molecule has 0 N–H and O–H groups in total. The predicted octanol–water partition coefficient (Wildman–Crippen LogP) is 1.85. The van der Waals surface area contributed by atoms with Crippen LogP contribution < -0.4 is 0 Å². The number of rotatable bonds is 6. The topological polar surface area (TPSA) is 24.9 Å². The molecule has 2 saturated heterocycles. The van der Waals surface area contributed by atoms with Crippen molar-refractivity contribution < 1.29 is 9.47 Å². The lowest BCUT2D eigenvalue weighted by Crippen LogP contribution is -2.40. The van der Waals surface area contributed by atoms with Gasteiger partial charge in [-0.1, -0.05) is 0 Å². The fourth-order valence-corrected chi connectivity index (χ4v) is 3.08. The average Bonchev–Trinajstić information content (AvgIpc) is 2.82. The fourth-order valence-electron chi connectivity index (χ4n) is 3.08. The molecule has 2 heterocycles. The van der Waals surface area contributed by atoms with Crippen molar-refractivity contribution in [1.82, 2.24) is 9.80 Å². The van der Waals surface area contributed by atoms with E-state index in [1.54, 1.807) is 0 Å². The Hall–Kier alpha value is -0.160. The lowest BCUT2D eigenvalue weighted by Gasteiger charge is -2.29. The molecule has 0 bridgehead atoms. The Morgan fingerprint density at radius 2 is 1.85 bits per heavy atom. The van der Waals surface area contributed by atoms with E-state index in [1.807, 2.05) is 0 Å². The molecule has 1 unspecified atom stereocenters. The van der Waals surface area contributed by atoms with Crippen LogP contribution in [-0.2, 0) is 9.47 Å². The Morgan fingerprint density at radius 1 is 1.10 bits per heavy atom. The lowest BCUT2D eigenvalue weighted by molar-refractivity contribution is -0.00654. The first-order valence-corrected chi connectivity index (χ1v) is 8.19. The molecule has 0 aromatic heterocycles. The molecule has 0 saturated carbocycles. The summed E-state index contributed by atoms with van der Waals surface area (Å²) in [7, 11) is 0. The van der Waals surface area contributed by atoms with Crippen molar-refractivity contribution >= 4 is 0 Å². The van der Waals surface area contributed by atoms with Crippen LogP contribution in [0.5, 0.6) is 0 Å². The zero-order valence-electron chi connectivity index (χ0n) is 13.6. The van der Waals surface area contributed by atoms with E-state index in [0.29, 0.717) is 0 Å². The first-order valence-electron chi connectivity index (χ1n) is 8.19. The maximum absolute atomic E-state index is 5.79. The van der Waals surface area contributed by atoms with Gasteiger partial charge in [0.15, 0.2) is 0 Å². The van der Waals surface area contributed by atoms with Gasteiger partial charge in [-0.05, 0) is 46.1 Å². The van der Waals surface area contributed by atoms with Gasteiger partial charge in [-0.2, -0.15) is 0 Å². The molecule has 1 atom stereocenters. The first-order chi connectivity index (χ1) is 9.53. The summed E-state index contributed by atoms with van der Waals surface area (Å²) >= 11 is 0. The average molecular weight is 284 g/mol. The summed E-state index contributed by atoms with van der Waals surface area (Å²) in [6.07, 6.45) is 2.51. The van der Waals surface area contributed by atoms with Crippen LogP contribution in [0.1, 0.15) is 33.6 Å². The van der Waals surface area contributed by atoms with Crippen LogP contribution in [0.2, 0.25) is 0 Å². The van der Waals surface area contributed by atoms with Crippen molar-refractivity contribution in [1.29, 1.82) is 0 Å². The standard InChI is InChI=1S/C16H32N2O2/c1-16(2,3)20-10-4-6-17-7-5-15(13-17)14-18-8-11-19-12-9-18/h15H,4-14H2,1-3H3. The molecule has 0 amide bonds. The Balaban J connectivity index is 1.55. The van der Waals surface area contributed by atoms with Gasteiger partial charge in [0.1, 0.15) is 0 Å². The van der Waals surface area contributed by atoms with E-state index in [1.165, 1.54) is 32.6 Å². The Labute approximate surface area is 124 Å². The van der Waals surface area contributed by atoms with Crippen LogP contribution in [0.25, 0.3) is 0 Å². The summed E-state index contributed by atoms with van der Waals surface area (Å²) in [6, 6.07) is 0. The molecule has 2 aliphatic heterocycles. The highest BCUT2D eigenvalue weighted by molar-refractivity contribution is 4.79. The molecular formula is C16H32N2O2. The molecule has 0 aromatic carbocycles. The van der Waals surface area contributed by atoms with E-state index in [-0.39, 0.29) is 5.60 Å². The normalized spacial score (nSPS) is 26.2.